The van der Waals surface area contributed by atoms with Gasteiger partial charge < -0.3 is 23.8 Å². The molecule has 0 bridgehead atoms. The summed E-state index contributed by atoms with van der Waals surface area (Å²) in [6, 6.07) is 37.0. The average Bonchev–Trinajstić information content (AvgIpc) is 3.56. The Kier molecular flexibility index (Phi) is 14.8. The van der Waals surface area contributed by atoms with Gasteiger partial charge in [-0.3, -0.25) is 0 Å². The maximum atomic E-state index is 14.8. The number of aryl methyl sites for hydroxylation is 1. The first-order chi connectivity index (χ1) is 28.6. The number of pyridine rings is 1. The highest BCUT2D eigenvalue weighted by molar-refractivity contribution is 7.98. The zero-order valence-electron chi connectivity index (χ0n) is 35.7. The van der Waals surface area contributed by atoms with E-state index in [9.17, 15) is 8.78 Å². The number of aromatic nitrogens is 3. The summed E-state index contributed by atoms with van der Waals surface area (Å²) < 4.78 is 51.0. The minimum atomic E-state index is -3.03. The molecule has 2 aromatic heterocycles. The van der Waals surface area contributed by atoms with Crippen molar-refractivity contribution < 1.29 is 22.7 Å². The molecule has 0 amide bonds. The van der Waals surface area contributed by atoms with Gasteiger partial charge in [-0.25, -0.2) is 18.7 Å². The normalized spacial score (nSPS) is 12.7. The third-order valence-electron chi connectivity index (χ3n) is 10.5. The van der Waals surface area contributed by atoms with Crippen molar-refractivity contribution >= 4 is 55.9 Å². The van der Waals surface area contributed by atoms with E-state index < -0.39 is 34.1 Å². The molecule has 1 unspecified atom stereocenters. The number of methoxy groups -OCH3 is 1. The Labute approximate surface area is 365 Å². The van der Waals surface area contributed by atoms with Crippen molar-refractivity contribution in [1.82, 2.24) is 14.5 Å². The molecule has 60 heavy (non-hydrogen) atoms. The number of nitrogens with one attached hydrogen (secondary N) is 1. The molecule has 6 rings (SSSR count). The molecule has 0 spiro atoms. The largest absolute Gasteiger partial charge is 0.497 e. The van der Waals surface area contributed by atoms with Crippen LogP contribution in [0.25, 0.3) is 0 Å². The molecular formula is C47H55ClF2N4O3SSi2. The molecule has 0 radical (unpaired) electrons. The quantitative estimate of drug-likeness (QED) is 0.0524. The molecule has 0 fully saturated rings. The lowest BCUT2D eigenvalue weighted by Gasteiger charge is -2.43. The lowest BCUT2D eigenvalue weighted by molar-refractivity contribution is 0.0800. The van der Waals surface area contributed by atoms with Gasteiger partial charge in [-0.2, -0.15) is 0 Å². The van der Waals surface area contributed by atoms with Crippen LogP contribution in [0.4, 0.5) is 14.6 Å². The fraction of sp³-hybridized carbons (Fsp3) is 0.319. The second-order valence-corrected chi connectivity index (χ2v) is 28.4. The highest BCUT2D eigenvalue weighted by atomic mass is 35.5. The van der Waals surface area contributed by atoms with E-state index in [0.29, 0.717) is 29.6 Å². The van der Waals surface area contributed by atoms with Crippen molar-refractivity contribution in [2.75, 3.05) is 19.0 Å². The summed E-state index contributed by atoms with van der Waals surface area (Å²) in [5.74, 6) is 1.45. The lowest BCUT2D eigenvalue weighted by Crippen LogP contribution is -2.66. The summed E-state index contributed by atoms with van der Waals surface area (Å²) in [7, 11) is -2.81. The Morgan fingerprint density at radius 2 is 1.47 bits per heavy atom. The van der Waals surface area contributed by atoms with Crippen LogP contribution in [0.5, 0.6) is 5.75 Å². The molecule has 7 nitrogen and oxygen atoms in total. The molecular weight excluding hydrogens is 830 g/mol. The van der Waals surface area contributed by atoms with E-state index in [1.807, 2.05) is 24.3 Å². The second-order valence-electron chi connectivity index (χ2n) is 17.1. The standard InChI is InChI=1S/C47H55ClF2N4O3SSi2/c1-33-40(49)25-26-43(51-33)52-44(35-21-24-41(50)39(48)29-35)45-53-46(58-31-34-19-22-36(55-5)23-20-34)42(54(45)32-56-27-28-59(6,7)8)30-57-60(47(2,3)4,37-15-11-9-12-16-37)38-17-13-10-14-18-38/h9-26,29,44H,27-28,30-32H2,1-8H3,(H,51,52). The van der Waals surface area contributed by atoms with Gasteiger partial charge in [0.05, 0.1) is 30.1 Å². The highest BCUT2D eigenvalue weighted by Crippen LogP contribution is 2.40. The van der Waals surface area contributed by atoms with E-state index in [2.05, 4.69) is 116 Å². The molecule has 1 atom stereocenters. The molecule has 0 saturated heterocycles. The van der Waals surface area contributed by atoms with Crippen molar-refractivity contribution in [3.63, 3.8) is 0 Å². The van der Waals surface area contributed by atoms with Gasteiger partial charge in [0, 0.05) is 20.4 Å². The summed E-state index contributed by atoms with van der Waals surface area (Å²) in [6.45, 7) is 16.3. The van der Waals surface area contributed by atoms with Gasteiger partial charge in [0.2, 0.25) is 0 Å². The first kappa shape index (κ1) is 45.2. The topological polar surface area (TPSA) is 70.4 Å². The number of thioether (sulfide) groups is 1. The number of hydrogen-bond acceptors (Lipinski definition) is 7. The van der Waals surface area contributed by atoms with Crippen LogP contribution in [0.1, 0.15) is 55.2 Å². The molecule has 0 aliphatic carbocycles. The van der Waals surface area contributed by atoms with Crippen molar-refractivity contribution in [3.8, 4) is 5.75 Å². The minimum absolute atomic E-state index is 0.0311. The highest BCUT2D eigenvalue weighted by Gasteiger charge is 2.50. The van der Waals surface area contributed by atoms with Crippen LogP contribution in [0.2, 0.25) is 35.7 Å². The molecule has 1 N–H and O–H groups in total. The van der Waals surface area contributed by atoms with E-state index in [4.69, 9.17) is 30.5 Å². The van der Waals surface area contributed by atoms with Gasteiger partial charge in [-0.15, -0.1) is 0 Å². The van der Waals surface area contributed by atoms with Crippen LogP contribution < -0.4 is 20.4 Å². The number of rotatable bonds is 18. The summed E-state index contributed by atoms with van der Waals surface area (Å²) >= 11 is 8.08. The summed E-state index contributed by atoms with van der Waals surface area (Å²) in [5.41, 5.74) is 2.81. The SMILES string of the molecule is COc1ccc(CSc2nc(C(Nc3ccc(F)c(C)n3)c3ccc(F)c(Cl)c3)n(COCC[Si](C)(C)C)c2CO[Si](c2ccccc2)(c2ccccc2)C(C)(C)C)cc1. The van der Waals surface area contributed by atoms with Gasteiger partial charge in [-0.05, 0) is 75.9 Å². The molecule has 4 aromatic carbocycles. The number of halogens is 3. The maximum Gasteiger partial charge on any atom is 0.261 e. The number of hydrogen-bond donors (Lipinski definition) is 1. The third-order valence-corrected chi connectivity index (χ3v) is 18.6. The van der Waals surface area contributed by atoms with E-state index in [-0.39, 0.29) is 29.1 Å². The van der Waals surface area contributed by atoms with Crippen molar-refractivity contribution in [2.45, 2.75) is 88.6 Å². The molecule has 0 saturated carbocycles. The number of anilines is 1. The van der Waals surface area contributed by atoms with Crippen LogP contribution in [-0.2, 0) is 28.3 Å². The van der Waals surface area contributed by atoms with Crippen molar-refractivity contribution in [2.24, 2.45) is 0 Å². The van der Waals surface area contributed by atoms with Crippen LogP contribution >= 0.6 is 23.4 Å². The number of ether oxygens (including phenoxy) is 2. The first-order valence-electron chi connectivity index (χ1n) is 20.1. The minimum Gasteiger partial charge on any atom is -0.497 e. The van der Waals surface area contributed by atoms with Crippen LogP contribution in [0, 0.1) is 18.6 Å². The monoisotopic (exact) mass is 884 g/mol. The molecule has 316 valence electrons. The van der Waals surface area contributed by atoms with Gasteiger partial charge in [0.1, 0.15) is 46.8 Å². The molecule has 13 heteroatoms. The Morgan fingerprint density at radius 3 is 2.03 bits per heavy atom. The molecule has 0 aliphatic rings. The number of nitrogens with zero attached hydrogens (tertiary/aromatic N) is 3. The summed E-state index contributed by atoms with van der Waals surface area (Å²) in [5, 5.41) is 6.27. The van der Waals surface area contributed by atoms with E-state index in [0.717, 1.165) is 38.5 Å². The number of benzene rings is 4. The van der Waals surface area contributed by atoms with E-state index >= 15 is 0 Å². The second kappa shape index (κ2) is 19.6. The molecule has 2 heterocycles. The molecule has 0 aliphatic heterocycles. The zero-order valence-corrected chi connectivity index (χ0v) is 39.3. The Bertz CT molecular complexity index is 2300. The summed E-state index contributed by atoms with van der Waals surface area (Å²) in [4.78, 5) is 9.95. The molecule has 6 aromatic rings. The van der Waals surface area contributed by atoms with E-state index in [1.165, 1.54) is 12.1 Å². The first-order valence-corrected chi connectivity index (χ1v) is 27.1. The Morgan fingerprint density at radius 1 is 0.833 bits per heavy atom. The van der Waals surface area contributed by atoms with E-state index in [1.54, 1.807) is 44.0 Å². The maximum absolute atomic E-state index is 14.8. The summed E-state index contributed by atoms with van der Waals surface area (Å²) in [6.07, 6.45) is 0. The van der Waals surface area contributed by atoms with Crippen molar-refractivity contribution in [1.29, 1.82) is 0 Å². The van der Waals surface area contributed by atoms with Crippen LogP contribution in [0.15, 0.2) is 120 Å². The van der Waals surface area contributed by atoms with Crippen LogP contribution in [-0.4, -0.2) is 44.6 Å². The van der Waals surface area contributed by atoms with Crippen LogP contribution in [0.3, 0.4) is 0 Å². The fourth-order valence-corrected chi connectivity index (χ4v) is 13.7. The smallest absolute Gasteiger partial charge is 0.261 e. The van der Waals surface area contributed by atoms with Gasteiger partial charge >= 0.3 is 0 Å². The Balaban J connectivity index is 1.55. The third kappa shape index (κ3) is 10.8. The van der Waals surface area contributed by atoms with Gasteiger partial charge in [-0.1, -0.05) is 143 Å². The predicted molar refractivity (Wildman–Crippen MR) is 247 cm³/mol. The van der Waals surface area contributed by atoms with Crippen molar-refractivity contribution in [3.05, 3.63) is 160 Å². The zero-order chi connectivity index (χ0) is 43.1. The van der Waals surface area contributed by atoms with Gasteiger partial charge in [0.25, 0.3) is 8.32 Å². The lowest BCUT2D eigenvalue weighted by atomic mass is 10.1. The average molecular weight is 886 g/mol. The Hall–Kier alpha value is -4.31. The fourth-order valence-electron chi connectivity index (χ4n) is 7.21. The number of imidazole rings is 1. The predicted octanol–water partition coefficient (Wildman–Crippen LogP) is 11.4. The van der Waals surface area contributed by atoms with Gasteiger partial charge in [0.15, 0.2) is 0 Å².